The van der Waals surface area contributed by atoms with Crippen LogP contribution in [0.5, 0.6) is 0 Å². The van der Waals surface area contributed by atoms with Gasteiger partial charge in [-0.25, -0.2) is 13.2 Å². The third kappa shape index (κ3) is 5.07. The Balaban J connectivity index is 0.00000338. The Bertz CT molecular complexity index is 821. The average Bonchev–Trinajstić information content (AvgIpc) is 3.01. The topological polar surface area (TPSA) is 103 Å². The molecular weight excluding hydrogens is 380 g/mol. The van der Waals surface area contributed by atoms with Gasteiger partial charge in [0.25, 0.3) is 10.0 Å². The molecule has 2 aromatic rings. The van der Waals surface area contributed by atoms with Gasteiger partial charge in [0.1, 0.15) is 11.3 Å². The van der Waals surface area contributed by atoms with Gasteiger partial charge in [-0.05, 0) is 18.9 Å². The molecule has 0 radical (unpaired) electrons. The highest BCUT2D eigenvalue weighted by Crippen LogP contribution is 2.23. The van der Waals surface area contributed by atoms with E-state index in [0.29, 0.717) is 6.42 Å². The second-order valence-electron chi connectivity index (χ2n) is 5.46. The zero-order chi connectivity index (χ0) is 18.4. The van der Waals surface area contributed by atoms with Crippen LogP contribution in [-0.4, -0.2) is 45.4 Å². The molecule has 0 aliphatic carbocycles. The number of esters is 1. The normalized spacial score (nSPS) is 11.2. The van der Waals surface area contributed by atoms with Crippen molar-refractivity contribution in [2.45, 2.75) is 18.4 Å². The molecule has 0 bridgehead atoms. The highest BCUT2D eigenvalue weighted by atomic mass is 35.5. The van der Waals surface area contributed by atoms with Crippen LogP contribution in [0.2, 0.25) is 0 Å². The predicted molar refractivity (Wildman–Crippen MR) is 100.0 cm³/mol. The standard InChI is InChI=1S/C17H22N2O5S.ClH/c1-13-15(17(20)23-2)12-16(24-13)25(21,22)19(11-9-18)10-8-14-6-4-3-5-7-14;/h3-7,12H,8-11,18H2,1-2H3;1H. The van der Waals surface area contributed by atoms with Gasteiger partial charge in [-0.1, -0.05) is 30.3 Å². The molecule has 0 amide bonds. The lowest BCUT2D eigenvalue weighted by molar-refractivity contribution is 0.0598. The summed E-state index contributed by atoms with van der Waals surface area (Å²) >= 11 is 0. The Hall–Kier alpha value is -1.87. The summed E-state index contributed by atoms with van der Waals surface area (Å²) in [5.74, 6) is -0.446. The lowest BCUT2D eigenvalue weighted by atomic mass is 10.1. The summed E-state index contributed by atoms with van der Waals surface area (Å²) in [5, 5.41) is -0.285. The number of methoxy groups -OCH3 is 1. The zero-order valence-electron chi connectivity index (χ0n) is 14.7. The molecule has 9 heteroatoms. The second-order valence-corrected chi connectivity index (χ2v) is 7.32. The molecule has 26 heavy (non-hydrogen) atoms. The van der Waals surface area contributed by atoms with Crippen molar-refractivity contribution in [2.24, 2.45) is 5.73 Å². The molecule has 0 aliphatic rings. The van der Waals surface area contributed by atoms with Crippen molar-refractivity contribution in [3.05, 3.63) is 53.3 Å². The number of carbonyl (C=O) groups excluding carboxylic acids is 1. The maximum Gasteiger partial charge on any atom is 0.341 e. The number of ether oxygens (including phenoxy) is 1. The van der Waals surface area contributed by atoms with E-state index >= 15 is 0 Å². The van der Waals surface area contributed by atoms with Gasteiger partial charge in [-0.15, -0.1) is 12.4 Å². The van der Waals surface area contributed by atoms with Gasteiger partial charge < -0.3 is 14.9 Å². The van der Waals surface area contributed by atoms with Crippen LogP contribution in [0, 0.1) is 6.92 Å². The summed E-state index contributed by atoms with van der Waals surface area (Å²) in [7, 11) is -2.67. The summed E-state index contributed by atoms with van der Waals surface area (Å²) in [6.07, 6.45) is 0.545. The van der Waals surface area contributed by atoms with E-state index in [0.717, 1.165) is 5.56 Å². The van der Waals surface area contributed by atoms with E-state index in [1.807, 2.05) is 30.3 Å². The molecule has 2 rings (SSSR count). The van der Waals surface area contributed by atoms with Gasteiger partial charge in [-0.2, -0.15) is 4.31 Å². The first-order chi connectivity index (χ1) is 11.9. The Morgan fingerprint density at radius 1 is 1.23 bits per heavy atom. The van der Waals surface area contributed by atoms with Crippen molar-refractivity contribution in [2.75, 3.05) is 26.7 Å². The fraction of sp³-hybridized carbons (Fsp3) is 0.353. The first-order valence-corrected chi connectivity index (χ1v) is 9.27. The van der Waals surface area contributed by atoms with Crippen molar-refractivity contribution < 1.29 is 22.4 Å². The number of benzene rings is 1. The highest BCUT2D eigenvalue weighted by Gasteiger charge is 2.29. The smallest absolute Gasteiger partial charge is 0.341 e. The van der Waals surface area contributed by atoms with Crippen molar-refractivity contribution in [3.63, 3.8) is 0 Å². The monoisotopic (exact) mass is 402 g/mol. The van der Waals surface area contributed by atoms with Crippen LogP contribution in [-0.2, 0) is 21.2 Å². The fourth-order valence-corrected chi connectivity index (χ4v) is 3.85. The molecular formula is C17H23ClN2O5S. The third-order valence-corrected chi connectivity index (χ3v) is 5.52. The van der Waals surface area contributed by atoms with E-state index in [2.05, 4.69) is 4.74 Å². The van der Waals surface area contributed by atoms with Crippen molar-refractivity contribution in [1.29, 1.82) is 0 Å². The summed E-state index contributed by atoms with van der Waals surface area (Å²) in [6.45, 7) is 2.11. The van der Waals surface area contributed by atoms with Crippen LogP contribution in [0.4, 0.5) is 0 Å². The van der Waals surface area contributed by atoms with Gasteiger partial charge in [0.2, 0.25) is 5.09 Å². The molecule has 144 valence electrons. The molecule has 7 nitrogen and oxygen atoms in total. The van der Waals surface area contributed by atoms with Crippen molar-refractivity contribution in [1.82, 2.24) is 4.31 Å². The number of rotatable bonds is 8. The van der Waals surface area contributed by atoms with Gasteiger partial charge in [0.15, 0.2) is 0 Å². The lowest BCUT2D eigenvalue weighted by Gasteiger charge is -2.20. The number of hydrogen-bond acceptors (Lipinski definition) is 6. The number of halogens is 1. The first kappa shape index (κ1) is 22.2. The van der Waals surface area contributed by atoms with Gasteiger partial charge >= 0.3 is 5.97 Å². The summed E-state index contributed by atoms with van der Waals surface area (Å²) in [5.41, 5.74) is 6.68. The summed E-state index contributed by atoms with van der Waals surface area (Å²) in [6, 6.07) is 10.8. The summed E-state index contributed by atoms with van der Waals surface area (Å²) < 4.78 is 36.9. The van der Waals surface area contributed by atoms with Crippen LogP contribution < -0.4 is 5.73 Å². The predicted octanol–water partition coefficient (Wildman–Crippen LogP) is 1.99. The molecule has 0 unspecified atom stereocenters. The highest BCUT2D eigenvalue weighted by molar-refractivity contribution is 7.89. The number of hydrogen-bond donors (Lipinski definition) is 1. The van der Waals surface area contributed by atoms with E-state index in [-0.39, 0.29) is 48.5 Å². The molecule has 2 N–H and O–H groups in total. The quantitative estimate of drug-likeness (QED) is 0.677. The molecule has 0 fully saturated rings. The van der Waals surface area contributed by atoms with Gasteiger partial charge in [0.05, 0.1) is 7.11 Å². The van der Waals surface area contributed by atoms with Gasteiger partial charge in [-0.3, -0.25) is 0 Å². The van der Waals surface area contributed by atoms with Crippen LogP contribution >= 0.6 is 12.4 Å². The molecule has 0 atom stereocenters. The maximum absolute atomic E-state index is 12.8. The van der Waals surface area contributed by atoms with Crippen molar-refractivity contribution in [3.8, 4) is 0 Å². The maximum atomic E-state index is 12.8. The third-order valence-electron chi connectivity index (χ3n) is 3.77. The van der Waals surface area contributed by atoms with E-state index in [4.69, 9.17) is 10.2 Å². The van der Waals surface area contributed by atoms with E-state index in [1.165, 1.54) is 24.4 Å². The molecule has 0 aliphatic heterocycles. The number of nitrogens with zero attached hydrogens (tertiary/aromatic N) is 1. The zero-order valence-corrected chi connectivity index (χ0v) is 16.3. The fourth-order valence-electron chi connectivity index (χ4n) is 2.42. The number of aryl methyl sites for hydroxylation is 1. The Labute approximate surface area is 159 Å². The van der Waals surface area contributed by atoms with Gasteiger partial charge in [0, 0.05) is 25.7 Å². The van der Waals surface area contributed by atoms with E-state index in [9.17, 15) is 13.2 Å². The van der Waals surface area contributed by atoms with Crippen LogP contribution in [0.3, 0.4) is 0 Å². The Morgan fingerprint density at radius 3 is 2.46 bits per heavy atom. The number of nitrogens with two attached hydrogens (primary N) is 1. The Kier molecular flexibility index (Phi) is 8.29. The van der Waals surface area contributed by atoms with Crippen LogP contribution in [0.1, 0.15) is 21.7 Å². The summed E-state index contributed by atoms with van der Waals surface area (Å²) in [4.78, 5) is 11.7. The Morgan fingerprint density at radius 2 is 1.88 bits per heavy atom. The van der Waals surface area contributed by atoms with Crippen molar-refractivity contribution >= 4 is 28.4 Å². The first-order valence-electron chi connectivity index (χ1n) is 7.83. The minimum Gasteiger partial charge on any atom is -0.465 e. The molecule has 0 spiro atoms. The van der Waals surface area contributed by atoms with Crippen LogP contribution in [0.15, 0.2) is 45.9 Å². The molecule has 1 heterocycles. The molecule has 0 saturated carbocycles. The molecule has 1 aromatic heterocycles. The van der Waals surface area contributed by atoms with E-state index < -0.39 is 16.0 Å². The minimum absolute atomic E-state index is 0. The average molecular weight is 403 g/mol. The number of furan rings is 1. The lowest BCUT2D eigenvalue weighted by Crippen LogP contribution is -2.36. The number of sulfonamides is 1. The molecule has 1 aromatic carbocycles. The SMILES string of the molecule is COC(=O)c1cc(S(=O)(=O)N(CCN)CCc2ccccc2)oc1C.Cl. The van der Waals surface area contributed by atoms with E-state index in [1.54, 1.807) is 0 Å². The molecule has 0 saturated heterocycles. The second kappa shape index (κ2) is 9.72. The largest absolute Gasteiger partial charge is 0.465 e. The number of carbonyl (C=O) groups is 1. The van der Waals surface area contributed by atoms with Crippen LogP contribution in [0.25, 0.3) is 0 Å². The minimum atomic E-state index is -3.90.